The van der Waals surface area contributed by atoms with E-state index in [0.717, 1.165) is 64.5 Å². The lowest BCUT2D eigenvalue weighted by atomic mass is 9.75. The predicted molar refractivity (Wildman–Crippen MR) is 204 cm³/mol. The van der Waals surface area contributed by atoms with Crippen LogP contribution in [0.4, 0.5) is 10.6 Å². The predicted octanol–water partition coefficient (Wildman–Crippen LogP) is 9.12. The molecule has 1 amide bonds. The lowest BCUT2D eigenvalue weighted by Crippen LogP contribution is -2.45. The Balaban J connectivity index is 1.16. The number of ether oxygens (including phenoxy) is 4. The topological polar surface area (TPSA) is 113 Å². The number of fused-ring (bicyclic) bond motifs is 1. The average molecular weight is 751 g/mol. The SMILES string of the molecule is C[C@@H]1OCC2(CCN(c3cnc(Sc4ccc5nc(Oc6ccccc6)n(COCC[Si](C)(C)C)c5c4Cl)cn3)CC2)/C1=N\C(=O)OC(C)(C)C. The van der Waals surface area contributed by atoms with Crippen molar-refractivity contribution in [2.24, 2.45) is 10.4 Å². The van der Waals surface area contributed by atoms with Crippen LogP contribution < -0.4 is 9.64 Å². The highest BCUT2D eigenvalue weighted by atomic mass is 35.5. The van der Waals surface area contributed by atoms with Gasteiger partial charge in [0.05, 0.1) is 46.9 Å². The largest absolute Gasteiger partial charge is 0.442 e. The summed E-state index contributed by atoms with van der Waals surface area (Å²) in [5.74, 6) is 1.48. The summed E-state index contributed by atoms with van der Waals surface area (Å²) >= 11 is 8.55. The Morgan fingerprint density at radius 1 is 1.10 bits per heavy atom. The Morgan fingerprint density at radius 3 is 2.51 bits per heavy atom. The molecule has 2 aromatic heterocycles. The van der Waals surface area contributed by atoms with Gasteiger partial charge in [-0.1, -0.05) is 61.2 Å². The zero-order valence-corrected chi connectivity index (χ0v) is 33.0. The average Bonchev–Trinajstić information content (AvgIpc) is 3.57. The van der Waals surface area contributed by atoms with Crippen molar-refractivity contribution in [1.29, 1.82) is 0 Å². The van der Waals surface area contributed by atoms with E-state index in [4.69, 9.17) is 45.5 Å². The molecule has 4 aromatic rings. The van der Waals surface area contributed by atoms with E-state index in [1.54, 1.807) is 12.4 Å². The lowest BCUT2D eigenvalue weighted by Gasteiger charge is -2.39. The van der Waals surface area contributed by atoms with Crippen LogP contribution in [-0.2, 0) is 20.9 Å². The number of piperidine rings is 1. The third-order valence-electron chi connectivity index (χ3n) is 8.96. The van der Waals surface area contributed by atoms with Crippen molar-refractivity contribution in [3.63, 3.8) is 0 Å². The van der Waals surface area contributed by atoms with Crippen LogP contribution in [0.1, 0.15) is 40.5 Å². The van der Waals surface area contributed by atoms with Crippen molar-refractivity contribution in [3.8, 4) is 11.8 Å². The minimum atomic E-state index is -1.26. The molecule has 2 aliphatic heterocycles. The van der Waals surface area contributed by atoms with Gasteiger partial charge in [0.2, 0.25) is 0 Å². The molecule has 4 heterocycles. The van der Waals surface area contributed by atoms with Crippen LogP contribution in [-0.4, -0.2) is 77.4 Å². The van der Waals surface area contributed by atoms with E-state index in [9.17, 15) is 4.79 Å². The number of para-hydroxylation sites is 1. The summed E-state index contributed by atoms with van der Waals surface area (Å²) in [6.45, 7) is 17.4. The number of aliphatic imine (C=N–C) groups is 1. The van der Waals surface area contributed by atoms with Gasteiger partial charge in [0.15, 0.2) is 0 Å². The number of halogens is 1. The van der Waals surface area contributed by atoms with Crippen molar-refractivity contribution < 1.29 is 23.7 Å². The first-order chi connectivity index (χ1) is 24.2. The van der Waals surface area contributed by atoms with Crippen molar-refractivity contribution in [2.45, 2.75) is 94.6 Å². The highest BCUT2D eigenvalue weighted by molar-refractivity contribution is 7.99. The summed E-state index contributed by atoms with van der Waals surface area (Å²) < 4.78 is 25.7. The monoisotopic (exact) mass is 750 g/mol. The second-order valence-electron chi connectivity index (χ2n) is 15.3. The van der Waals surface area contributed by atoms with Gasteiger partial charge in [-0.05, 0) is 70.8 Å². The van der Waals surface area contributed by atoms with Crippen LogP contribution in [0, 0.1) is 5.41 Å². The minimum absolute atomic E-state index is 0.227. The van der Waals surface area contributed by atoms with Crippen LogP contribution in [0.2, 0.25) is 30.7 Å². The summed E-state index contributed by atoms with van der Waals surface area (Å²) in [6.07, 6.45) is 4.37. The van der Waals surface area contributed by atoms with E-state index in [1.807, 2.05) is 74.7 Å². The molecule has 0 radical (unpaired) electrons. The van der Waals surface area contributed by atoms with Crippen molar-refractivity contribution in [3.05, 3.63) is 59.9 Å². The third kappa shape index (κ3) is 9.12. The summed E-state index contributed by atoms with van der Waals surface area (Å²) in [4.78, 5) is 34.3. The summed E-state index contributed by atoms with van der Waals surface area (Å²) in [5.41, 5.74) is 1.35. The molecule has 11 nitrogen and oxygen atoms in total. The Labute approximate surface area is 310 Å². The van der Waals surface area contributed by atoms with Gasteiger partial charge in [-0.3, -0.25) is 4.57 Å². The van der Waals surface area contributed by atoms with Crippen molar-refractivity contribution in [2.75, 3.05) is 31.2 Å². The van der Waals surface area contributed by atoms with Crippen LogP contribution in [0.15, 0.2) is 69.8 Å². The van der Waals surface area contributed by atoms with Gasteiger partial charge in [0, 0.05) is 38.1 Å². The van der Waals surface area contributed by atoms with Crippen molar-refractivity contribution in [1.82, 2.24) is 19.5 Å². The molecule has 51 heavy (non-hydrogen) atoms. The van der Waals surface area contributed by atoms with Gasteiger partial charge in [0.25, 0.3) is 0 Å². The smallest absolute Gasteiger partial charge is 0.434 e. The molecule has 0 saturated carbocycles. The molecule has 0 N–H and O–H groups in total. The van der Waals surface area contributed by atoms with E-state index in [1.165, 1.54) is 11.8 Å². The quantitative estimate of drug-likeness (QED) is 0.115. The first kappa shape index (κ1) is 37.3. The molecule has 0 bridgehead atoms. The Bertz CT molecular complexity index is 1870. The van der Waals surface area contributed by atoms with E-state index in [0.29, 0.717) is 30.0 Å². The number of hydrogen-bond donors (Lipinski definition) is 0. The Morgan fingerprint density at radius 2 is 1.84 bits per heavy atom. The second kappa shape index (κ2) is 15.2. The van der Waals surface area contributed by atoms with Crippen LogP contribution in [0.5, 0.6) is 11.8 Å². The molecule has 272 valence electrons. The van der Waals surface area contributed by atoms with Crippen LogP contribution in [0.25, 0.3) is 11.0 Å². The second-order valence-corrected chi connectivity index (χ2v) is 22.4. The van der Waals surface area contributed by atoms with Gasteiger partial charge >= 0.3 is 12.1 Å². The first-order valence-electron chi connectivity index (χ1n) is 17.4. The summed E-state index contributed by atoms with van der Waals surface area (Å²) in [5, 5.41) is 1.27. The number of anilines is 1. The highest BCUT2D eigenvalue weighted by Crippen LogP contribution is 2.42. The maximum atomic E-state index is 12.6. The molecule has 6 rings (SSSR count). The maximum absolute atomic E-state index is 12.6. The number of rotatable bonds is 10. The number of nitrogens with zero attached hydrogens (tertiary/aromatic N) is 6. The Hall–Kier alpha value is -3.49. The molecule has 1 spiro atoms. The molecule has 1 atom stereocenters. The van der Waals surface area contributed by atoms with E-state index in [2.05, 4.69) is 29.5 Å². The fourth-order valence-corrected chi connectivity index (χ4v) is 8.10. The van der Waals surface area contributed by atoms with E-state index in [-0.39, 0.29) is 18.2 Å². The summed E-state index contributed by atoms with van der Waals surface area (Å²) in [6, 6.07) is 14.9. The number of amides is 1. The van der Waals surface area contributed by atoms with Gasteiger partial charge in [0.1, 0.15) is 28.9 Å². The Kier molecular flexibility index (Phi) is 11.1. The number of carbonyl (C=O) groups is 1. The molecular weight excluding hydrogens is 704 g/mol. The van der Waals surface area contributed by atoms with Gasteiger partial charge in [-0.25, -0.2) is 14.8 Å². The van der Waals surface area contributed by atoms with Gasteiger partial charge in [-0.15, -0.1) is 0 Å². The standard InChI is InChI=1S/C37H47ClN6O5SSi/c1-25-33(42-35(45)49-36(2,3)4)37(23-47-25)15-17-43(18-16-37)29-21-40-30(22-39-29)50-28-14-13-27-32(31(28)38)44(24-46-19-20-51(5,6)7)34(41-27)48-26-11-9-8-10-12-26/h8-14,21-22,25H,15-20,23-24H2,1-7H3/b42-33-/t25-/m0/s1. The fourth-order valence-electron chi connectivity index (χ4n) is 6.21. The zero-order chi connectivity index (χ0) is 36.4. The number of benzene rings is 2. The normalized spacial score (nSPS) is 18.5. The maximum Gasteiger partial charge on any atom is 0.434 e. The number of carbonyl (C=O) groups excluding carboxylic acids is 1. The number of hydrogen-bond acceptors (Lipinski definition) is 10. The zero-order valence-electron chi connectivity index (χ0n) is 30.4. The number of imidazole rings is 1. The fraction of sp³-hybridized carbons (Fsp3) is 0.486. The van der Waals surface area contributed by atoms with E-state index >= 15 is 0 Å². The summed E-state index contributed by atoms with van der Waals surface area (Å²) in [7, 11) is -1.26. The molecule has 2 saturated heterocycles. The molecule has 2 aliphatic rings. The molecule has 2 aromatic carbocycles. The molecule has 14 heteroatoms. The molecule has 0 aliphatic carbocycles. The van der Waals surface area contributed by atoms with Crippen molar-refractivity contribution >= 4 is 60.1 Å². The molecular formula is C37H47ClN6O5SSi. The van der Waals surface area contributed by atoms with Gasteiger partial charge < -0.3 is 23.8 Å². The van der Waals surface area contributed by atoms with Gasteiger partial charge in [-0.2, -0.15) is 9.98 Å². The highest BCUT2D eigenvalue weighted by Gasteiger charge is 2.47. The number of aromatic nitrogens is 4. The molecule has 2 fully saturated rings. The molecule has 0 unspecified atom stereocenters. The lowest BCUT2D eigenvalue weighted by molar-refractivity contribution is 0.0601. The van der Waals surface area contributed by atoms with Crippen LogP contribution in [0.3, 0.4) is 0 Å². The first-order valence-corrected chi connectivity index (χ1v) is 22.3. The third-order valence-corrected chi connectivity index (χ3v) is 12.1. The minimum Gasteiger partial charge on any atom is -0.442 e. The van der Waals surface area contributed by atoms with E-state index < -0.39 is 19.8 Å². The van der Waals surface area contributed by atoms with Crippen LogP contribution >= 0.6 is 23.4 Å².